The van der Waals surface area contributed by atoms with E-state index >= 15 is 0 Å². The molecule has 0 saturated carbocycles. The van der Waals surface area contributed by atoms with Crippen molar-refractivity contribution in [3.63, 3.8) is 0 Å². The van der Waals surface area contributed by atoms with Crippen molar-refractivity contribution in [2.45, 2.75) is 12.2 Å². The summed E-state index contributed by atoms with van der Waals surface area (Å²) in [5.41, 5.74) is 0.640. The second-order valence-electron chi connectivity index (χ2n) is 5.89. The summed E-state index contributed by atoms with van der Waals surface area (Å²) in [5.74, 6) is -2.42. The molecule has 0 spiro atoms. The number of hydrogen-bond acceptors (Lipinski definition) is 8. The number of para-hydroxylation sites is 1. The first-order valence-electron chi connectivity index (χ1n) is 8.67. The number of aliphatic hydroxyl groups is 1. The molecule has 3 aromatic rings. The van der Waals surface area contributed by atoms with Crippen LogP contribution < -0.4 is 10.1 Å². The second kappa shape index (κ2) is 10.8. The molecule has 13 heteroatoms. The van der Waals surface area contributed by atoms with Gasteiger partial charge in [0, 0.05) is 5.56 Å². The van der Waals surface area contributed by atoms with E-state index in [1.807, 2.05) is 30.3 Å². The van der Waals surface area contributed by atoms with Crippen LogP contribution in [0.2, 0.25) is 0 Å². The first kappa shape index (κ1) is 24.1. The van der Waals surface area contributed by atoms with Crippen LogP contribution >= 0.6 is 0 Å². The van der Waals surface area contributed by atoms with Gasteiger partial charge in [0.15, 0.2) is 6.04 Å². The van der Waals surface area contributed by atoms with Gasteiger partial charge in [-0.3, -0.25) is 0 Å². The van der Waals surface area contributed by atoms with E-state index in [9.17, 15) is 18.0 Å². The number of carboxylic acid groups (broad SMARTS) is 2. The standard InChI is InChI=1S/C17H15N3O5.C2HF3O2/c21-10-14(16(22)23)18-17-19-15(20-25-17)11-5-4-8-13(9-11)24-12-6-2-1-3-7-12;3-2(4,5)1(6)7/h1-9,14,21H,10H2,(H,22,23)(H,18,19,20);(H,6,7)/t14-;/m0./s1. The van der Waals surface area contributed by atoms with Crippen LogP contribution in [0.25, 0.3) is 11.4 Å². The van der Waals surface area contributed by atoms with Gasteiger partial charge in [0.25, 0.3) is 0 Å². The molecule has 32 heavy (non-hydrogen) atoms. The van der Waals surface area contributed by atoms with Crippen molar-refractivity contribution in [1.29, 1.82) is 0 Å². The minimum Gasteiger partial charge on any atom is -0.480 e. The summed E-state index contributed by atoms with van der Waals surface area (Å²) >= 11 is 0. The van der Waals surface area contributed by atoms with Crippen molar-refractivity contribution in [3.8, 4) is 22.9 Å². The Morgan fingerprint density at radius 1 is 1.06 bits per heavy atom. The Kier molecular flexibility index (Phi) is 8.12. The number of hydrogen-bond donors (Lipinski definition) is 4. The maximum Gasteiger partial charge on any atom is 0.490 e. The Bertz CT molecular complexity index is 1040. The van der Waals surface area contributed by atoms with Gasteiger partial charge in [0.05, 0.1) is 6.61 Å². The molecule has 170 valence electrons. The third-order valence-electron chi connectivity index (χ3n) is 3.52. The molecule has 2 aromatic carbocycles. The number of aromatic nitrogens is 2. The fraction of sp³-hybridized carbons (Fsp3) is 0.158. The quantitative estimate of drug-likeness (QED) is 0.418. The van der Waals surface area contributed by atoms with Crippen molar-refractivity contribution < 1.29 is 47.3 Å². The van der Waals surface area contributed by atoms with E-state index in [4.69, 9.17) is 29.4 Å². The van der Waals surface area contributed by atoms with Gasteiger partial charge in [-0.1, -0.05) is 35.5 Å². The van der Waals surface area contributed by atoms with E-state index in [2.05, 4.69) is 15.5 Å². The average Bonchev–Trinajstić information content (AvgIpc) is 3.21. The molecule has 0 aliphatic carbocycles. The SMILES string of the molecule is O=C(O)C(F)(F)F.O=C(O)[C@H](CO)Nc1nc(-c2cccc(Oc3ccccc3)c2)no1. The lowest BCUT2D eigenvalue weighted by Crippen LogP contribution is -2.32. The smallest absolute Gasteiger partial charge is 0.480 e. The van der Waals surface area contributed by atoms with Gasteiger partial charge in [-0.05, 0) is 24.3 Å². The number of halogens is 3. The molecule has 10 nitrogen and oxygen atoms in total. The van der Waals surface area contributed by atoms with Crippen LogP contribution in [0.3, 0.4) is 0 Å². The van der Waals surface area contributed by atoms with Gasteiger partial charge >= 0.3 is 24.1 Å². The van der Waals surface area contributed by atoms with Crippen molar-refractivity contribution in [1.82, 2.24) is 10.1 Å². The molecule has 0 fully saturated rings. The largest absolute Gasteiger partial charge is 0.490 e. The summed E-state index contributed by atoms with van der Waals surface area (Å²) in [5, 5.41) is 31.3. The third-order valence-corrected chi connectivity index (χ3v) is 3.52. The van der Waals surface area contributed by atoms with Crippen LogP contribution in [0.4, 0.5) is 19.2 Å². The monoisotopic (exact) mass is 455 g/mol. The number of rotatable bonds is 7. The molecule has 0 unspecified atom stereocenters. The zero-order chi connectivity index (χ0) is 23.7. The molecule has 0 amide bonds. The molecule has 0 aliphatic rings. The topological polar surface area (TPSA) is 155 Å². The third kappa shape index (κ3) is 7.28. The number of nitrogens with one attached hydrogen (secondary N) is 1. The first-order chi connectivity index (χ1) is 15.1. The Balaban J connectivity index is 0.000000451. The van der Waals surface area contributed by atoms with E-state index in [0.29, 0.717) is 17.1 Å². The first-order valence-corrected chi connectivity index (χ1v) is 8.67. The maximum atomic E-state index is 10.9. The summed E-state index contributed by atoms with van der Waals surface area (Å²) < 4.78 is 42.5. The van der Waals surface area contributed by atoms with Crippen LogP contribution in [0, 0.1) is 0 Å². The van der Waals surface area contributed by atoms with Gasteiger partial charge in [-0.15, -0.1) is 0 Å². The summed E-state index contributed by atoms with van der Waals surface area (Å²) in [6.07, 6.45) is -5.08. The van der Waals surface area contributed by atoms with Crippen molar-refractivity contribution >= 4 is 18.0 Å². The molecule has 3 rings (SSSR count). The number of carboxylic acids is 2. The molecule has 4 N–H and O–H groups in total. The highest BCUT2D eigenvalue weighted by Crippen LogP contribution is 2.26. The fourth-order valence-electron chi connectivity index (χ4n) is 2.06. The lowest BCUT2D eigenvalue weighted by atomic mass is 10.2. The Hall–Kier alpha value is -4.13. The van der Waals surface area contributed by atoms with Crippen LogP contribution in [0.15, 0.2) is 59.1 Å². The number of anilines is 1. The maximum absolute atomic E-state index is 10.9. The molecule has 0 saturated heterocycles. The normalized spacial score (nSPS) is 11.6. The molecular formula is C19H16F3N3O7. The second-order valence-corrected chi connectivity index (χ2v) is 5.89. The predicted octanol–water partition coefficient (Wildman–Crippen LogP) is 3.02. The fourth-order valence-corrected chi connectivity index (χ4v) is 2.06. The number of aliphatic carboxylic acids is 2. The molecule has 0 bridgehead atoms. The number of benzene rings is 2. The minimum atomic E-state index is -5.08. The highest BCUT2D eigenvalue weighted by Gasteiger charge is 2.38. The van der Waals surface area contributed by atoms with Gasteiger partial charge in [-0.25, -0.2) is 9.59 Å². The Morgan fingerprint density at radius 3 is 2.25 bits per heavy atom. The zero-order valence-corrected chi connectivity index (χ0v) is 16.0. The molecular weight excluding hydrogens is 439 g/mol. The van der Waals surface area contributed by atoms with Crippen LogP contribution in [-0.4, -0.2) is 56.2 Å². The average molecular weight is 455 g/mol. The van der Waals surface area contributed by atoms with E-state index < -0.39 is 30.8 Å². The lowest BCUT2D eigenvalue weighted by molar-refractivity contribution is -0.192. The number of nitrogens with zero attached hydrogens (tertiary/aromatic N) is 2. The number of alkyl halides is 3. The van der Waals surface area contributed by atoms with Crippen molar-refractivity contribution in [3.05, 3.63) is 54.6 Å². The van der Waals surface area contributed by atoms with Crippen LogP contribution in [0.5, 0.6) is 11.5 Å². The highest BCUT2D eigenvalue weighted by atomic mass is 19.4. The minimum absolute atomic E-state index is 0.0918. The van der Waals surface area contributed by atoms with Gasteiger partial charge < -0.3 is 29.9 Å². The van der Waals surface area contributed by atoms with Crippen LogP contribution in [0.1, 0.15) is 0 Å². The predicted molar refractivity (Wildman–Crippen MR) is 102 cm³/mol. The molecule has 0 radical (unpaired) electrons. The molecule has 1 aromatic heterocycles. The van der Waals surface area contributed by atoms with Crippen LogP contribution in [-0.2, 0) is 9.59 Å². The number of aliphatic hydroxyl groups excluding tert-OH is 1. The van der Waals surface area contributed by atoms with E-state index in [1.165, 1.54) is 0 Å². The number of carbonyl (C=O) groups is 2. The van der Waals surface area contributed by atoms with Gasteiger partial charge in [0.1, 0.15) is 11.5 Å². The number of ether oxygens (including phenoxy) is 1. The molecule has 1 heterocycles. The Morgan fingerprint density at radius 2 is 1.69 bits per heavy atom. The van der Waals surface area contributed by atoms with E-state index in [-0.39, 0.29) is 11.8 Å². The van der Waals surface area contributed by atoms with Crippen molar-refractivity contribution in [2.75, 3.05) is 11.9 Å². The molecule has 0 aliphatic heterocycles. The lowest BCUT2D eigenvalue weighted by Gasteiger charge is -2.07. The Labute approximate surface area is 177 Å². The van der Waals surface area contributed by atoms with Gasteiger partial charge in [-0.2, -0.15) is 18.2 Å². The van der Waals surface area contributed by atoms with Crippen molar-refractivity contribution in [2.24, 2.45) is 0 Å². The summed E-state index contributed by atoms with van der Waals surface area (Å²) in [6, 6.07) is 15.1. The summed E-state index contributed by atoms with van der Waals surface area (Å²) in [6.45, 7) is -0.604. The van der Waals surface area contributed by atoms with Gasteiger partial charge in [0.2, 0.25) is 5.82 Å². The van der Waals surface area contributed by atoms with E-state index in [1.54, 1.807) is 24.3 Å². The highest BCUT2D eigenvalue weighted by molar-refractivity contribution is 5.76. The zero-order valence-electron chi connectivity index (χ0n) is 16.0. The summed E-state index contributed by atoms with van der Waals surface area (Å²) in [7, 11) is 0. The molecule has 1 atom stereocenters. The van der Waals surface area contributed by atoms with E-state index in [0.717, 1.165) is 0 Å². The summed E-state index contributed by atoms with van der Waals surface area (Å²) in [4.78, 5) is 23.9.